The third kappa shape index (κ3) is 42.2. The summed E-state index contributed by atoms with van der Waals surface area (Å²) in [5.41, 5.74) is 0. The molecule has 0 heterocycles. The number of ether oxygens (including phenoxy) is 2. The first-order valence-corrected chi connectivity index (χ1v) is 29.0. The molecule has 2 atom stereocenters. The number of hydrogen-bond acceptors (Lipinski definition) is 6. The van der Waals surface area contributed by atoms with Crippen LogP contribution >= 0.6 is 0 Å². The van der Waals surface area contributed by atoms with Crippen molar-refractivity contribution in [3.63, 3.8) is 0 Å². The van der Waals surface area contributed by atoms with Crippen LogP contribution < -0.4 is 0 Å². The SMILES string of the molecule is CCCCCCCCCCN(C(=O)CCCCN(C)C)C(CCCCCCCCC(=O)OCC(CCCC)CCCC)CCCCCCCCC(=O)OCC(CCCC)CCCCCC. The van der Waals surface area contributed by atoms with Crippen molar-refractivity contribution in [2.24, 2.45) is 11.8 Å². The molecule has 0 spiro atoms. The Balaban J connectivity index is 5.09. The molecule has 0 aliphatic heterocycles. The van der Waals surface area contributed by atoms with E-state index in [1.165, 1.54) is 173 Å². The Labute approximate surface area is 406 Å². The van der Waals surface area contributed by atoms with Crippen LogP contribution in [-0.4, -0.2) is 74.1 Å². The van der Waals surface area contributed by atoms with Gasteiger partial charge in [-0.15, -0.1) is 0 Å². The third-order valence-electron chi connectivity index (χ3n) is 13.9. The lowest BCUT2D eigenvalue weighted by Gasteiger charge is -2.33. The zero-order valence-corrected chi connectivity index (χ0v) is 45.0. The lowest BCUT2D eigenvalue weighted by Crippen LogP contribution is -2.41. The van der Waals surface area contributed by atoms with Crippen LogP contribution in [0.4, 0.5) is 0 Å². The number of carbonyl (C=O) groups excluding carboxylic acids is 3. The predicted octanol–water partition coefficient (Wildman–Crippen LogP) is 17.2. The molecule has 2 unspecified atom stereocenters. The van der Waals surface area contributed by atoms with Crippen molar-refractivity contribution in [2.45, 2.75) is 304 Å². The van der Waals surface area contributed by atoms with E-state index in [2.05, 4.69) is 58.5 Å². The summed E-state index contributed by atoms with van der Waals surface area (Å²) in [5.74, 6) is 1.41. The molecule has 0 aromatic rings. The van der Waals surface area contributed by atoms with Crippen molar-refractivity contribution in [1.82, 2.24) is 9.80 Å². The number of rotatable bonds is 51. The smallest absolute Gasteiger partial charge is 0.305 e. The third-order valence-corrected chi connectivity index (χ3v) is 13.9. The Kier molecular flexibility index (Phi) is 47.6. The van der Waals surface area contributed by atoms with Crippen molar-refractivity contribution in [2.75, 3.05) is 40.4 Å². The van der Waals surface area contributed by atoms with Crippen LogP contribution in [0.25, 0.3) is 0 Å². The summed E-state index contributed by atoms with van der Waals surface area (Å²) >= 11 is 0. The number of esters is 2. The van der Waals surface area contributed by atoms with Crippen LogP contribution in [-0.2, 0) is 23.9 Å². The normalized spacial score (nSPS) is 12.6. The van der Waals surface area contributed by atoms with Gasteiger partial charge in [-0.1, -0.05) is 208 Å². The highest BCUT2D eigenvalue weighted by Crippen LogP contribution is 2.23. The van der Waals surface area contributed by atoms with Gasteiger partial charge in [0, 0.05) is 31.8 Å². The van der Waals surface area contributed by atoms with E-state index < -0.39 is 0 Å². The molecule has 65 heavy (non-hydrogen) atoms. The molecule has 7 nitrogen and oxygen atoms in total. The zero-order valence-electron chi connectivity index (χ0n) is 45.0. The molecule has 0 aliphatic rings. The first-order valence-electron chi connectivity index (χ1n) is 29.0. The molecule has 0 radical (unpaired) electrons. The Bertz CT molecular complexity index is 1030. The van der Waals surface area contributed by atoms with Gasteiger partial charge in [0.05, 0.1) is 13.2 Å². The van der Waals surface area contributed by atoms with Crippen molar-refractivity contribution in [3.8, 4) is 0 Å². The zero-order chi connectivity index (χ0) is 47.9. The average molecular weight is 920 g/mol. The maximum atomic E-state index is 14.0. The number of nitrogens with zero attached hydrogens (tertiary/aromatic N) is 2. The maximum absolute atomic E-state index is 14.0. The summed E-state index contributed by atoms with van der Waals surface area (Å²) < 4.78 is 11.5. The number of hydrogen-bond donors (Lipinski definition) is 0. The molecule has 0 rings (SSSR count). The van der Waals surface area contributed by atoms with Gasteiger partial charge in [-0.05, 0) is 103 Å². The second-order valence-electron chi connectivity index (χ2n) is 20.7. The van der Waals surface area contributed by atoms with Crippen LogP contribution in [0.5, 0.6) is 0 Å². The van der Waals surface area contributed by atoms with Crippen LogP contribution in [0.15, 0.2) is 0 Å². The van der Waals surface area contributed by atoms with Gasteiger partial charge in [-0.3, -0.25) is 14.4 Å². The fourth-order valence-electron chi connectivity index (χ4n) is 9.47. The minimum absolute atomic E-state index is 0.00477. The molecule has 0 bridgehead atoms. The van der Waals surface area contributed by atoms with E-state index >= 15 is 0 Å². The largest absolute Gasteiger partial charge is 0.465 e. The molecule has 1 amide bonds. The van der Waals surface area contributed by atoms with Gasteiger partial charge in [0.25, 0.3) is 0 Å². The first kappa shape index (κ1) is 63.4. The van der Waals surface area contributed by atoms with Gasteiger partial charge in [-0.25, -0.2) is 0 Å². The summed E-state index contributed by atoms with van der Waals surface area (Å²) in [5, 5.41) is 0. The topological polar surface area (TPSA) is 76.2 Å². The van der Waals surface area contributed by atoms with Gasteiger partial charge in [-0.2, -0.15) is 0 Å². The molecule has 0 aromatic carbocycles. The molecule has 0 saturated carbocycles. The summed E-state index contributed by atoms with van der Waals surface area (Å²) in [6.07, 6.45) is 46.9. The maximum Gasteiger partial charge on any atom is 0.305 e. The van der Waals surface area contributed by atoms with Crippen LogP contribution in [0.1, 0.15) is 298 Å². The van der Waals surface area contributed by atoms with E-state index in [-0.39, 0.29) is 11.9 Å². The summed E-state index contributed by atoms with van der Waals surface area (Å²) in [6.45, 7) is 14.4. The quantitative estimate of drug-likeness (QED) is 0.0447. The van der Waals surface area contributed by atoms with Crippen molar-refractivity contribution in [3.05, 3.63) is 0 Å². The van der Waals surface area contributed by atoms with Gasteiger partial charge in [0.2, 0.25) is 5.91 Å². The van der Waals surface area contributed by atoms with E-state index in [4.69, 9.17) is 9.47 Å². The Hall–Kier alpha value is -1.63. The first-order chi connectivity index (χ1) is 31.7. The van der Waals surface area contributed by atoms with Gasteiger partial charge in [0.1, 0.15) is 0 Å². The standard InChI is InChI=1S/C58H114N2O5/c1-8-13-18-20-21-26-31-38-50-60(56(61)46-37-39-49-59(6)7)55(44-33-27-22-24-29-35-47-57(62)64-51-53(40-15-10-3)41-16-11-4)45-34-28-23-25-30-36-48-58(63)65-52-54(42-17-12-5)43-32-19-14-9-2/h53-55H,8-52H2,1-7H3. The molecule has 0 aromatic heterocycles. The second kappa shape index (κ2) is 48.8. The highest BCUT2D eigenvalue weighted by molar-refractivity contribution is 5.76. The molecule has 0 saturated heterocycles. The monoisotopic (exact) mass is 919 g/mol. The fraction of sp³-hybridized carbons (Fsp3) is 0.948. The summed E-state index contributed by atoms with van der Waals surface area (Å²) in [6, 6.07) is 0.330. The van der Waals surface area contributed by atoms with Crippen LogP contribution in [0.2, 0.25) is 0 Å². The molecule has 0 aliphatic carbocycles. The minimum atomic E-state index is -0.0108. The van der Waals surface area contributed by atoms with Gasteiger partial charge in [0.15, 0.2) is 0 Å². The van der Waals surface area contributed by atoms with E-state index in [0.29, 0.717) is 56.3 Å². The Morgan fingerprint density at radius 1 is 0.354 bits per heavy atom. The lowest BCUT2D eigenvalue weighted by molar-refractivity contribution is -0.146. The number of amides is 1. The Morgan fingerprint density at radius 3 is 1.11 bits per heavy atom. The van der Waals surface area contributed by atoms with E-state index in [1.807, 2.05) is 0 Å². The van der Waals surface area contributed by atoms with Crippen LogP contribution in [0, 0.1) is 11.8 Å². The van der Waals surface area contributed by atoms with Crippen molar-refractivity contribution < 1.29 is 23.9 Å². The van der Waals surface area contributed by atoms with E-state index in [0.717, 1.165) is 83.7 Å². The van der Waals surface area contributed by atoms with Gasteiger partial charge < -0.3 is 19.3 Å². The fourth-order valence-corrected chi connectivity index (χ4v) is 9.47. The predicted molar refractivity (Wildman–Crippen MR) is 281 cm³/mol. The van der Waals surface area contributed by atoms with Crippen molar-refractivity contribution >= 4 is 17.8 Å². The second-order valence-corrected chi connectivity index (χ2v) is 20.7. The molecule has 386 valence electrons. The molecule has 7 heteroatoms. The molecule has 0 N–H and O–H groups in total. The number of carbonyl (C=O) groups is 3. The summed E-state index contributed by atoms with van der Waals surface area (Å²) in [4.78, 5) is 43.7. The molecular formula is C58H114N2O5. The highest BCUT2D eigenvalue weighted by atomic mass is 16.5. The van der Waals surface area contributed by atoms with Gasteiger partial charge >= 0.3 is 11.9 Å². The molecule has 0 fully saturated rings. The average Bonchev–Trinajstić information content (AvgIpc) is 3.30. The summed E-state index contributed by atoms with van der Waals surface area (Å²) in [7, 11) is 4.24. The minimum Gasteiger partial charge on any atom is -0.465 e. The van der Waals surface area contributed by atoms with Crippen molar-refractivity contribution in [1.29, 1.82) is 0 Å². The lowest BCUT2D eigenvalue weighted by atomic mass is 9.96. The highest BCUT2D eigenvalue weighted by Gasteiger charge is 2.23. The van der Waals surface area contributed by atoms with E-state index in [9.17, 15) is 14.4 Å². The molecular weight excluding hydrogens is 805 g/mol. The van der Waals surface area contributed by atoms with E-state index in [1.54, 1.807) is 0 Å². The van der Waals surface area contributed by atoms with Crippen LogP contribution in [0.3, 0.4) is 0 Å². The number of unbranched alkanes of at least 4 members (excludes halogenated alkanes) is 24. The Morgan fingerprint density at radius 2 is 0.677 bits per heavy atom.